The fourth-order valence-electron chi connectivity index (χ4n) is 1.50. The average Bonchev–Trinajstić information content (AvgIpc) is 2.22. The quantitative estimate of drug-likeness (QED) is 0.595. The zero-order chi connectivity index (χ0) is 11.3. The molecule has 3 nitrogen and oxygen atoms in total. The molecule has 1 heterocycles. The van der Waals surface area contributed by atoms with Crippen LogP contribution in [-0.2, 0) is 6.54 Å². The fraction of sp³-hybridized carbons (Fsp3) is 0.417. The average molecular weight is 204 g/mol. The Balaban J connectivity index is 2.86. The molecule has 0 saturated heterocycles. The van der Waals surface area contributed by atoms with Gasteiger partial charge >= 0.3 is 0 Å². The zero-order valence-corrected chi connectivity index (χ0v) is 9.42. The van der Waals surface area contributed by atoms with Gasteiger partial charge in [0.25, 0.3) is 0 Å². The Morgan fingerprint density at radius 1 is 1.53 bits per heavy atom. The first-order valence-corrected chi connectivity index (χ1v) is 4.84. The van der Waals surface area contributed by atoms with E-state index in [4.69, 9.17) is 11.2 Å². The predicted molar refractivity (Wildman–Crippen MR) is 60.8 cm³/mol. The Kier molecular flexibility index (Phi) is 4.14. The van der Waals surface area contributed by atoms with Gasteiger partial charge in [-0.3, -0.25) is 4.98 Å². The minimum absolute atomic E-state index is 0.553. The summed E-state index contributed by atoms with van der Waals surface area (Å²) in [5.41, 5.74) is 3.10. The van der Waals surface area contributed by atoms with Gasteiger partial charge in [-0.15, -0.1) is 6.42 Å². The van der Waals surface area contributed by atoms with Crippen LogP contribution in [0.25, 0.3) is 0 Å². The van der Waals surface area contributed by atoms with E-state index in [1.807, 2.05) is 20.0 Å². The number of methoxy groups -OCH3 is 1. The molecule has 3 heteroatoms. The van der Waals surface area contributed by atoms with Crippen LogP contribution < -0.4 is 10.1 Å². The number of hydrogen-bond acceptors (Lipinski definition) is 3. The van der Waals surface area contributed by atoms with Crippen molar-refractivity contribution in [1.29, 1.82) is 0 Å². The molecule has 0 amide bonds. The van der Waals surface area contributed by atoms with Gasteiger partial charge in [0.15, 0.2) is 0 Å². The smallest absolute Gasteiger partial charge is 0.128 e. The number of terminal acetylenes is 1. The summed E-state index contributed by atoms with van der Waals surface area (Å²) in [5.74, 6) is 3.43. The normalized spacial score (nSPS) is 9.73. The molecule has 15 heavy (non-hydrogen) atoms. The van der Waals surface area contributed by atoms with Gasteiger partial charge in [0.1, 0.15) is 5.75 Å². The van der Waals surface area contributed by atoms with E-state index in [0.29, 0.717) is 13.1 Å². The Bertz CT molecular complexity index is 380. The second-order valence-electron chi connectivity index (χ2n) is 3.35. The van der Waals surface area contributed by atoms with Crippen molar-refractivity contribution in [3.05, 3.63) is 23.0 Å². The van der Waals surface area contributed by atoms with E-state index < -0.39 is 0 Å². The summed E-state index contributed by atoms with van der Waals surface area (Å²) in [6.07, 6.45) is 6.97. The highest BCUT2D eigenvalue weighted by Crippen LogP contribution is 2.23. The lowest BCUT2D eigenvalue weighted by Crippen LogP contribution is -2.15. The van der Waals surface area contributed by atoms with Crippen molar-refractivity contribution in [2.75, 3.05) is 13.7 Å². The van der Waals surface area contributed by atoms with Crippen LogP contribution in [0.3, 0.4) is 0 Å². The van der Waals surface area contributed by atoms with Gasteiger partial charge < -0.3 is 10.1 Å². The molecule has 1 rings (SSSR count). The fourth-order valence-corrected chi connectivity index (χ4v) is 1.50. The van der Waals surface area contributed by atoms with Crippen LogP contribution >= 0.6 is 0 Å². The van der Waals surface area contributed by atoms with Crippen LogP contribution in [0, 0.1) is 26.2 Å². The molecule has 0 atom stereocenters. The third-order valence-electron chi connectivity index (χ3n) is 2.27. The lowest BCUT2D eigenvalue weighted by molar-refractivity contribution is 0.406. The van der Waals surface area contributed by atoms with Gasteiger partial charge in [-0.1, -0.05) is 5.92 Å². The summed E-state index contributed by atoms with van der Waals surface area (Å²) in [7, 11) is 1.67. The molecule has 80 valence electrons. The van der Waals surface area contributed by atoms with Crippen LogP contribution in [0.5, 0.6) is 5.75 Å². The van der Waals surface area contributed by atoms with Gasteiger partial charge in [0.05, 0.1) is 19.3 Å². The lowest BCUT2D eigenvalue weighted by atomic mass is 10.1. The van der Waals surface area contributed by atoms with Gasteiger partial charge in [0.2, 0.25) is 0 Å². The van der Waals surface area contributed by atoms with E-state index in [-0.39, 0.29) is 0 Å². The summed E-state index contributed by atoms with van der Waals surface area (Å²) in [6, 6.07) is 0. The number of aromatic nitrogens is 1. The summed E-state index contributed by atoms with van der Waals surface area (Å²) in [4.78, 5) is 4.35. The molecular formula is C12H16N2O. The highest BCUT2D eigenvalue weighted by atomic mass is 16.5. The largest absolute Gasteiger partial charge is 0.496 e. The summed E-state index contributed by atoms with van der Waals surface area (Å²) in [5, 5.41) is 3.11. The van der Waals surface area contributed by atoms with Crippen LogP contribution in [0.4, 0.5) is 0 Å². The monoisotopic (exact) mass is 204 g/mol. The molecule has 0 aromatic carbocycles. The van der Waals surface area contributed by atoms with Crippen molar-refractivity contribution in [1.82, 2.24) is 10.3 Å². The van der Waals surface area contributed by atoms with Gasteiger partial charge in [-0.25, -0.2) is 0 Å². The Hall–Kier alpha value is -1.53. The van der Waals surface area contributed by atoms with E-state index in [9.17, 15) is 0 Å². The molecule has 0 fully saturated rings. The van der Waals surface area contributed by atoms with Crippen molar-refractivity contribution >= 4 is 0 Å². The van der Waals surface area contributed by atoms with Gasteiger partial charge in [-0.2, -0.15) is 0 Å². The van der Waals surface area contributed by atoms with Gasteiger partial charge in [0, 0.05) is 23.9 Å². The summed E-state index contributed by atoms with van der Waals surface area (Å²) < 4.78 is 5.31. The van der Waals surface area contributed by atoms with E-state index in [1.54, 1.807) is 7.11 Å². The summed E-state index contributed by atoms with van der Waals surface area (Å²) in [6.45, 7) is 5.22. The molecule has 0 radical (unpaired) electrons. The first-order valence-electron chi connectivity index (χ1n) is 4.84. The molecule has 1 aromatic heterocycles. The molecule has 0 unspecified atom stereocenters. The third kappa shape index (κ3) is 2.71. The number of aryl methyl sites for hydroxylation is 1. The Morgan fingerprint density at radius 3 is 2.87 bits per heavy atom. The van der Waals surface area contributed by atoms with E-state index in [2.05, 4.69) is 16.2 Å². The highest BCUT2D eigenvalue weighted by molar-refractivity contribution is 5.40. The Labute approximate surface area is 90.9 Å². The van der Waals surface area contributed by atoms with Crippen molar-refractivity contribution in [2.24, 2.45) is 0 Å². The number of nitrogens with one attached hydrogen (secondary N) is 1. The summed E-state index contributed by atoms with van der Waals surface area (Å²) >= 11 is 0. The minimum atomic E-state index is 0.553. The predicted octanol–water partition coefficient (Wildman–Crippen LogP) is 1.43. The number of ether oxygens (including phenoxy) is 1. The number of nitrogens with zero attached hydrogens (tertiary/aromatic N) is 1. The van der Waals surface area contributed by atoms with Crippen molar-refractivity contribution in [2.45, 2.75) is 20.4 Å². The molecule has 0 aliphatic heterocycles. The minimum Gasteiger partial charge on any atom is -0.496 e. The van der Waals surface area contributed by atoms with Crippen molar-refractivity contribution in [3.63, 3.8) is 0 Å². The molecule has 0 saturated carbocycles. The van der Waals surface area contributed by atoms with E-state index in [0.717, 1.165) is 22.6 Å². The lowest BCUT2D eigenvalue weighted by Gasteiger charge is -2.11. The molecule has 1 aromatic rings. The first kappa shape index (κ1) is 11.5. The maximum Gasteiger partial charge on any atom is 0.128 e. The second-order valence-corrected chi connectivity index (χ2v) is 3.35. The SMILES string of the molecule is C#CCNCc1ncc(C)c(OC)c1C. The maximum absolute atomic E-state index is 5.31. The van der Waals surface area contributed by atoms with Crippen LogP contribution in [0.1, 0.15) is 16.8 Å². The molecule has 0 aliphatic carbocycles. The van der Waals surface area contributed by atoms with Crippen LogP contribution in [0.2, 0.25) is 0 Å². The molecule has 0 bridgehead atoms. The zero-order valence-electron chi connectivity index (χ0n) is 9.42. The molecule has 0 aliphatic rings. The highest BCUT2D eigenvalue weighted by Gasteiger charge is 2.08. The van der Waals surface area contributed by atoms with Crippen molar-refractivity contribution < 1.29 is 4.74 Å². The topological polar surface area (TPSA) is 34.2 Å². The molecular weight excluding hydrogens is 188 g/mol. The first-order chi connectivity index (χ1) is 7.20. The number of rotatable bonds is 4. The standard InChI is InChI=1S/C12H16N2O/c1-5-6-13-8-11-10(3)12(15-4)9(2)7-14-11/h1,7,13H,6,8H2,2-4H3. The Morgan fingerprint density at radius 2 is 2.27 bits per heavy atom. The third-order valence-corrected chi connectivity index (χ3v) is 2.27. The number of hydrogen-bond donors (Lipinski definition) is 1. The number of pyridine rings is 1. The van der Waals surface area contributed by atoms with Gasteiger partial charge in [-0.05, 0) is 13.8 Å². The van der Waals surface area contributed by atoms with Crippen molar-refractivity contribution in [3.8, 4) is 18.1 Å². The molecule has 0 spiro atoms. The second kappa shape index (κ2) is 5.38. The van der Waals surface area contributed by atoms with Crippen LogP contribution in [0.15, 0.2) is 6.20 Å². The van der Waals surface area contributed by atoms with E-state index >= 15 is 0 Å². The van der Waals surface area contributed by atoms with E-state index in [1.165, 1.54) is 0 Å². The van der Waals surface area contributed by atoms with Crippen LogP contribution in [-0.4, -0.2) is 18.6 Å². The molecule has 1 N–H and O–H groups in total. The maximum atomic E-state index is 5.31.